The lowest BCUT2D eigenvalue weighted by Crippen LogP contribution is -2.31. The summed E-state index contributed by atoms with van der Waals surface area (Å²) in [6, 6.07) is 6.08. The fraction of sp³-hybridized carbons (Fsp3) is 0.500. The van der Waals surface area contributed by atoms with Crippen LogP contribution in [0.4, 0.5) is 0 Å². The zero-order chi connectivity index (χ0) is 29.1. The van der Waals surface area contributed by atoms with E-state index in [-0.39, 0.29) is 0 Å². The van der Waals surface area contributed by atoms with E-state index in [9.17, 15) is 5.11 Å². The lowest BCUT2D eigenvalue weighted by molar-refractivity contribution is 0.273. The summed E-state index contributed by atoms with van der Waals surface area (Å²) >= 11 is 0. The first-order valence-corrected chi connectivity index (χ1v) is 13.4. The van der Waals surface area contributed by atoms with Crippen molar-refractivity contribution in [3.8, 4) is 5.75 Å². The van der Waals surface area contributed by atoms with Gasteiger partial charge < -0.3 is 29.9 Å². The zero-order valence-corrected chi connectivity index (χ0v) is 25.8. The molecule has 1 aromatic rings. The molecule has 1 aliphatic heterocycles. The number of nitrogens with one attached hydrogen (secondary N) is 1. The van der Waals surface area contributed by atoms with Gasteiger partial charge in [0, 0.05) is 59.2 Å². The molecule has 214 valence electrons. The average molecular weight is 527 g/mol. The van der Waals surface area contributed by atoms with Gasteiger partial charge in [0.2, 0.25) is 0 Å². The molecule has 0 unspecified atom stereocenters. The number of allylic oxidation sites excluding steroid dienone is 6. The average Bonchev–Trinajstić information content (AvgIpc) is 2.87. The number of hydrogen-bond donors (Lipinski definition) is 2. The monoisotopic (exact) mass is 526 g/mol. The van der Waals surface area contributed by atoms with Crippen molar-refractivity contribution in [1.29, 1.82) is 0 Å². The molecule has 0 fully saturated rings. The van der Waals surface area contributed by atoms with Crippen LogP contribution in [0.15, 0.2) is 72.2 Å². The van der Waals surface area contributed by atoms with E-state index in [0.29, 0.717) is 5.75 Å². The second-order valence-corrected chi connectivity index (χ2v) is 9.89. The number of methoxy groups -OCH3 is 1. The Morgan fingerprint density at radius 2 is 1.79 bits per heavy atom. The van der Waals surface area contributed by atoms with Crippen molar-refractivity contribution >= 4 is 5.57 Å². The standard InChI is InChI=1S/C26H40N4O.C4H8.C2H6O/c1-8-9-10-20(2)17-27-26-21(3)15-24(19-30(26)7)22-11-12-23(25(31)16-22)18-29(6)14-13-28(4)5;1-3-4-2;1-3-2/h9-12,15-17,27,31H,8,13-14,18-19H2,1-7H3;3H,1,4H2,2H3;1-2H3/b10-9+,20-17+;;. The van der Waals surface area contributed by atoms with Crippen molar-refractivity contribution in [3.63, 3.8) is 0 Å². The molecule has 2 rings (SSSR count). The molecule has 0 spiro atoms. The Labute approximate surface area is 233 Å². The van der Waals surface area contributed by atoms with E-state index in [2.05, 4.69) is 118 Å². The van der Waals surface area contributed by atoms with E-state index in [1.54, 1.807) is 14.2 Å². The first-order chi connectivity index (χ1) is 18.0. The molecule has 2 N–H and O–H groups in total. The summed E-state index contributed by atoms with van der Waals surface area (Å²) in [6.07, 6.45) is 12.6. The van der Waals surface area contributed by atoms with Crippen LogP contribution in [0.25, 0.3) is 5.57 Å². The summed E-state index contributed by atoms with van der Waals surface area (Å²) in [5, 5.41) is 14.1. The number of hydrogen-bond acceptors (Lipinski definition) is 6. The van der Waals surface area contributed by atoms with Crippen LogP contribution in [0.3, 0.4) is 0 Å². The molecule has 0 aromatic heterocycles. The SMILES string of the molecule is C=CCC.CC/C=C/C(C)=C/NC1=C(C)C=C(c2ccc(CN(C)CCN(C)C)c(O)c2)CN1C.COC. The minimum atomic E-state index is 0.365. The second kappa shape index (κ2) is 20.2. The van der Waals surface area contributed by atoms with Crippen LogP contribution >= 0.6 is 0 Å². The maximum atomic E-state index is 10.6. The summed E-state index contributed by atoms with van der Waals surface area (Å²) in [5.41, 5.74) is 5.62. The maximum Gasteiger partial charge on any atom is 0.120 e. The normalized spacial score (nSPS) is 13.7. The predicted molar refractivity (Wildman–Crippen MR) is 166 cm³/mol. The van der Waals surface area contributed by atoms with Crippen LogP contribution in [0.5, 0.6) is 5.75 Å². The van der Waals surface area contributed by atoms with Crippen LogP contribution in [0, 0.1) is 0 Å². The first kappa shape index (κ1) is 35.2. The second-order valence-electron chi connectivity index (χ2n) is 9.89. The van der Waals surface area contributed by atoms with Crippen molar-refractivity contribution in [1.82, 2.24) is 20.0 Å². The summed E-state index contributed by atoms with van der Waals surface area (Å²) in [5.74, 6) is 1.47. The van der Waals surface area contributed by atoms with Crippen LogP contribution in [0.2, 0.25) is 0 Å². The van der Waals surface area contributed by atoms with Gasteiger partial charge >= 0.3 is 0 Å². The van der Waals surface area contributed by atoms with E-state index in [0.717, 1.165) is 56.0 Å². The van der Waals surface area contributed by atoms with Crippen molar-refractivity contribution in [3.05, 3.63) is 83.4 Å². The molecule has 38 heavy (non-hydrogen) atoms. The number of aromatic hydroxyl groups is 1. The van der Waals surface area contributed by atoms with Crippen molar-refractivity contribution in [2.24, 2.45) is 0 Å². The Kier molecular flexibility index (Phi) is 18.7. The molecule has 0 bridgehead atoms. The van der Waals surface area contributed by atoms with Crippen LogP contribution in [0.1, 0.15) is 51.7 Å². The van der Waals surface area contributed by atoms with Crippen LogP contribution in [-0.4, -0.2) is 81.9 Å². The molecule has 0 aliphatic carbocycles. The largest absolute Gasteiger partial charge is 0.508 e. The first-order valence-electron chi connectivity index (χ1n) is 13.4. The van der Waals surface area contributed by atoms with Crippen molar-refractivity contribution < 1.29 is 9.84 Å². The number of benzene rings is 1. The molecule has 6 heteroatoms. The Morgan fingerprint density at radius 3 is 2.29 bits per heavy atom. The van der Waals surface area contributed by atoms with E-state index in [1.165, 1.54) is 16.7 Å². The van der Waals surface area contributed by atoms with E-state index < -0.39 is 0 Å². The molecule has 0 amide bonds. The number of rotatable bonds is 11. The third kappa shape index (κ3) is 14.2. The fourth-order valence-electron chi connectivity index (χ4n) is 3.58. The van der Waals surface area contributed by atoms with Crippen LogP contribution < -0.4 is 5.32 Å². The molecule has 1 heterocycles. The zero-order valence-electron chi connectivity index (χ0n) is 25.8. The third-order valence-corrected chi connectivity index (χ3v) is 5.72. The predicted octanol–water partition coefficient (Wildman–Crippen LogP) is 6.25. The molecule has 0 saturated heterocycles. The van der Waals surface area contributed by atoms with Gasteiger partial charge in [-0.3, -0.25) is 0 Å². The van der Waals surface area contributed by atoms with Gasteiger partial charge in [-0.05, 0) is 76.2 Å². The van der Waals surface area contributed by atoms with E-state index in [4.69, 9.17) is 0 Å². The van der Waals surface area contributed by atoms with Crippen molar-refractivity contribution in [2.45, 2.75) is 47.1 Å². The molecule has 0 radical (unpaired) electrons. The van der Waals surface area contributed by atoms with Gasteiger partial charge in [0.15, 0.2) is 0 Å². The number of phenols is 1. The lowest BCUT2D eigenvalue weighted by atomic mass is 9.98. The third-order valence-electron chi connectivity index (χ3n) is 5.72. The minimum absolute atomic E-state index is 0.365. The lowest BCUT2D eigenvalue weighted by Gasteiger charge is -2.30. The van der Waals surface area contributed by atoms with Gasteiger partial charge in [-0.2, -0.15) is 0 Å². The Bertz CT molecular complexity index is 945. The molecule has 1 aliphatic rings. The molecule has 0 atom stereocenters. The highest BCUT2D eigenvalue weighted by Crippen LogP contribution is 2.29. The highest BCUT2D eigenvalue weighted by Gasteiger charge is 2.17. The molecular formula is C32H54N4O2. The van der Waals surface area contributed by atoms with Gasteiger partial charge in [-0.25, -0.2) is 0 Å². The Balaban J connectivity index is 0.00000175. The summed E-state index contributed by atoms with van der Waals surface area (Å²) in [7, 11) is 11.6. The smallest absolute Gasteiger partial charge is 0.120 e. The topological polar surface area (TPSA) is 51.2 Å². The summed E-state index contributed by atoms with van der Waals surface area (Å²) < 4.78 is 4.25. The molecule has 6 nitrogen and oxygen atoms in total. The Hall–Kier alpha value is -2.80. The van der Waals surface area contributed by atoms with Gasteiger partial charge in [0.05, 0.1) is 0 Å². The summed E-state index contributed by atoms with van der Waals surface area (Å²) in [4.78, 5) is 6.62. The highest BCUT2D eigenvalue weighted by molar-refractivity contribution is 5.72. The maximum absolute atomic E-state index is 10.6. The highest BCUT2D eigenvalue weighted by atomic mass is 16.4. The number of likely N-dealkylation sites (N-methyl/N-ethyl adjacent to an activating group) is 3. The van der Waals surface area contributed by atoms with Gasteiger partial charge in [0.25, 0.3) is 0 Å². The minimum Gasteiger partial charge on any atom is -0.508 e. The van der Waals surface area contributed by atoms with E-state index in [1.807, 2.05) is 18.3 Å². The van der Waals surface area contributed by atoms with E-state index >= 15 is 0 Å². The molecular weight excluding hydrogens is 472 g/mol. The summed E-state index contributed by atoms with van der Waals surface area (Å²) in [6.45, 7) is 15.4. The molecule has 1 aromatic carbocycles. The molecule has 0 saturated carbocycles. The van der Waals surface area contributed by atoms with Crippen molar-refractivity contribution in [2.75, 3.05) is 62.0 Å². The van der Waals surface area contributed by atoms with Crippen LogP contribution in [-0.2, 0) is 11.3 Å². The van der Waals surface area contributed by atoms with Gasteiger partial charge in [-0.1, -0.05) is 50.3 Å². The number of ether oxygens (including phenoxy) is 1. The number of nitrogens with zero attached hydrogens (tertiary/aromatic N) is 3. The number of phenolic OH excluding ortho intramolecular Hbond substituents is 1. The van der Waals surface area contributed by atoms with Gasteiger partial charge in [0.1, 0.15) is 11.6 Å². The van der Waals surface area contributed by atoms with Gasteiger partial charge in [-0.15, -0.1) is 6.58 Å². The fourth-order valence-corrected chi connectivity index (χ4v) is 3.58. The Morgan fingerprint density at radius 1 is 1.16 bits per heavy atom. The quantitative estimate of drug-likeness (QED) is 0.263.